The molecular formula is C17H15N5O3. The number of ether oxygens (including phenoxy) is 1. The van der Waals surface area contributed by atoms with Crippen molar-refractivity contribution in [2.45, 2.75) is 6.54 Å². The maximum atomic E-state index is 12.4. The van der Waals surface area contributed by atoms with E-state index in [4.69, 9.17) is 4.74 Å². The summed E-state index contributed by atoms with van der Waals surface area (Å²) in [6, 6.07) is 6.97. The lowest BCUT2D eigenvalue weighted by Crippen LogP contribution is -2.25. The van der Waals surface area contributed by atoms with E-state index in [9.17, 15) is 9.90 Å². The van der Waals surface area contributed by atoms with Crippen LogP contribution in [0.25, 0.3) is 10.9 Å². The number of benzene rings is 1. The minimum Gasteiger partial charge on any atom is -0.506 e. The molecule has 2 N–H and O–H groups in total. The molecule has 8 nitrogen and oxygen atoms in total. The van der Waals surface area contributed by atoms with Gasteiger partial charge in [-0.3, -0.25) is 14.3 Å². The van der Waals surface area contributed by atoms with Crippen molar-refractivity contribution in [3.8, 4) is 11.5 Å². The number of aromatic nitrogens is 3. The van der Waals surface area contributed by atoms with Crippen LogP contribution >= 0.6 is 0 Å². The summed E-state index contributed by atoms with van der Waals surface area (Å²) in [5.41, 5.74) is 1.11. The zero-order valence-electron chi connectivity index (χ0n) is 13.4. The number of aromatic hydroxyl groups is 1. The van der Waals surface area contributed by atoms with Gasteiger partial charge in [-0.15, -0.1) is 0 Å². The van der Waals surface area contributed by atoms with Crippen molar-refractivity contribution in [3.05, 3.63) is 47.8 Å². The van der Waals surface area contributed by atoms with Crippen molar-refractivity contribution in [1.29, 1.82) is 0 Å². The summed E-state index contributed by atoms with van der Waals surface area (Å²) < 4.78 is 7.24. The van der Waals surface area contributed by atoms with Crippen molar-refractivity contribution < 1.29 is 14.6 Å². The van der Waals surface area contributed by atoms with Crippen LogP contribution in [0.1, 0.15) is 10.4 Å². The SMILES string of the molecule is COc1cccc2c3n(c(=NC(=O)c4cncc(O)c4)nc12)CCN3. The third-order valence-electron chi connectivity index (χ3n) is 4.00. The summed E-state index contributed by atoms with van der Waals surface area (Å²) >= 11 is 0. The molecule has 1 amide bonds. The number of hydrogen-bond acceptors (Lipinski definition) is 6. The minimum atomic E-state index is -0.522. The lowest BCUT2D eigenvalue weighted by atomic mass is 10.2. The van der Waals surface area contributed by atoms with Crippen molar-refractivity contribution in [2.24, 2.45) is 4.99 Å². The number of para-hydroxylation sites is 1. The molecule has 0 saturated heterocycles. The Kier molecular flexibility index (Phi) is 3.57. The molecule has 0 unspecified atom stereocenters. The topological polar surface area (TPSA) is 102 Å². The van der Waals surface area contributed by atoms with Gasteiger partial charge in [-0.2, -0.15) is 4.99 Å². The molecule has 1 aliphatic rings. The number of fused-ring (bicyclic) bond motifs is 3. The Bertz CT molecular complexity index is 1060. The molecule has 0 spiro atoms. The minimum absolute atomic E-state index is 0.0891. The van der Waals surface area contributed by atoms with Gasteiger partial charge in [-0.25, -0.2) is 4.98 Å². The predicted octanol–water partition coefficient (Wildman–Crippen LogP) is 1.31. The molecule has 4 rings (SSSR count). The van der Waals surface area contributed by atoms with E-state index in [2.05, 4.69) is 20.3 Å². The molecule has 1 aromatic carbocycles. The lowest BCUT2D eigenvalue weighted by molar-refractivity contribution is 0.0995. The Morgan fingerprint density at radius 3 is 3.08 bits per heavy atom. The van der Waals surface area contributed by atoms with Crippen LogP contribution in [0.3, 0.4) is 0 Å². The molecule has 2 aromatic heterocycles. The van der Waals surface area contributed by atoms with E-state index in [0.29, 0.717) is 17.8 Å². The number of nitrogens with one attached hydrogen (secondary N) is 1. The number of carbonyl (C=O) groups is 1. The lowest BCUT2D eigenvalue weighted by Gasteiger charge is -2.10. The van der Waals surface area contributed by atoms with Gasteiger partial charge in [0.1, 0.15) is 22.8 Å². The highest BCUT2D eigenvalue weighted by molar-refractivity contribution is 5.96. The third kappa shape index (κ3) is 2.57. The Morgan fingerprint density at radius 2 is 2.28 bits per heavy atom. The summed E-state index contributed by atoms with van der Waals surface area (Å²) in [6.45, 7) is 1.38. The highest BCUT2D eigenvalue weighted by Crippen LogP contribution is 2.29. The maximum Gasteiger partial charge on any atom is 0.281 e. The van der Waals surface area contributed by atoms with Crippen LogP contribution in [0.4, 0.5) is 5.82 Å². The normalized spacial score (nSPS) is 13.6. The van der Waals surface area contributed by atoms with Gasteiger partial charge >= 0.3 is 0 Å². The zero-order chi connectivity index (χ0) is 17.4. The predicted molar refractivity (Wildman–Crippen MR) is 90.6 cm³/mol. The molecular weight excluding hydrogens is 322 g/mol. The number of methoxy groups -OCH3 is 1. The van der Waals surface area contributed by atoms with Gasteiger partial charge in [0.2, 0.25) is 5.62 Å². The van der Waals surface area contributed by atoms with Crippen LogP contribution in [0.5, 0.6) is 11.5 Å². The fourth-order valence-electron chi connectivity index (χ4n) is 2.87. The van der Waals surface area contributed by atoms with E-state index < -0.39 is 5.91 Å². The monoisotopic (exact) mass is 337 g/mol. The molecule has 8 heteroatoms. The number of amides is 1. The fourth-order valence-corrected chi connectivity index (χ4v) is 2.87. The molecule has 25 heavy (non-hydrogen) atoms. The van der Waals surface area contributed by atoms with Gasteiger partial charge in [0, 0.05) is 24.7 Å². The molecule has 0 atom stereocenters. The first-order valence-corrected chi connectivity index (χ1v) is 7.72. The Labute approximate surface area is 142 Å². The van der Waals surface area contributed by atoms with E-state index in [1.54, 1.807) is 7.11 Å². The molecule has 3 heterocycles. The maximum absolute atomic E-state index is 12.4. The second-order valence-corrected chi connectivity index (χ2v) is 5.54. The molecule has 0 radical (unpaired) electrons. The van der Waals surface area contributed by atoms with E-state index in [0.717, 1.165) is 17.7 Å². The number of rotatable bonds is 2. The van der Waals surface area contributed by atoms with Crippen molar-refractivity contribution in [3.63, 3.8) is 0 Å². The Morgan fingerprint density at radius 1 is 1.40 bits per heavy atom. The van der Waals surface area contributed by atoms with Crippen LogP contribution in [-0.2, 0) is 6.54 Å². The quantitative estimate of drug-likeness (QED) is 0.731. The molecule has 0 bridgehead atoms. The molecule has 126 valence electrons. The number of carbonyl (C=O) groups excluding carboxylic acids is 1. The van der Waals surface area contributed by atoms with Crippen LogP contribution in [0, 0.1) is 0 Å². The Balaban J connectivity index is 1.94. The first-order valence-electron chi connectivity index (χ1n) is 7.72. The second kappa shape index (κ2) is 5.90. The summed E-state index contributed by atoms with van der Waals surface area (Å²) in [4.78, 5) is 24.9. The van der Waals surface area contributed by atoms with Gasteiger partial charge in [0.15, 0.2) is 0 Å². The van der Waals surface area contributed by atoms with Crippen LogP contribution < -0.4 is 15.7 Å². The van der Waals surface area contributed by atoms with Crippen molar-refractivity contribution in [1.82, 2.24) is 14.5 Å². The van der Waals surface area contributed by atoms with Gasteiger partial charge in [0.05, 0.1) is 18.9 Å². The molecule has 0 fully saturated rings. The Hall–Kier alpha value is -3.42. The van der Waals surface area contributed by atoms with E-state index in [-0.39, 0.29) is 16.9 Å². The van der Waals surface area contributed by atoms with Gasteiger partial charge in [-0.1, -0.05) is 6.07 Å². The molecule has 0 saturated carbocycles. The largest absolute Gasteiger partial charge is 0.506 e. The first kappa shape index (κ1) is 15.1. The average molecular weight is 337 g/mol. The van der Waals surface area contributed by atoms with Gasteiger partial charge in [-0.05, 0) is 18.2 Å². The van der Waals surface area contributed by atoms with Crippen molar-refractivity contribution >= 4 is 22.6 Å². The molecule has 0 aliphatic carbocycles. The first-order chi connectivity index (χ1) is 12.2. The van der Waals surface area contributed by atoms with Crippen LogP contribution in [0.15, 0.2) is 41.7 Å². The van der Waals surface area contributed by atoms with E-state index >= 15 is 0 Å². The highest BCUT2D eigenvalue weighted by Gasteiger charge is 2.18. The fraction of sp³-hybridized carbons (Fsp3) is 0.176. The van der Waals surface area contributed by atoms with E-state index in [1.807, 2.05) is 22.8 Å². The molecule has 3 aromatic rings. The molecule has 1 aliphatic heterocycles. The smallest absolute Gasteiger partial charge is 0.281 e. The van der Waals surface area contributed by atoms with E-state index in [1.165, 1.54) is 18.5 Å². The second-order valence-electron chi connectivity index (χ2n) is 5.54. The summed E-state index contributed by atoms with van der Waals surface area (Å²) in [6.07, 6.45) is 2.61. The third-order valence-corrected chi connectivity index (χ3v) is 4.00. The highest BCUT2D eigenvalue weighted by atomic mass is 16.5. The summed E-state index contributed by atoms with van der Waals surface area (Å²) in [5.74, 6) is 0.850. The number of hydrogen-bond donors (Lipinski definition) is 2. The number of pyridine rings is 1. The number of anilines is 1. The number of nitrogens with zero attached hydrogens (tertiary/aromatic N) is 4. The van der Waals surface area contributed by atoms with Gasteiger partial charge in [0.25, 0.3) is 5.91 Å². The average Bonchev–Trinajstić information content (AvgIpc) is 3.11. The zero-order valence-corrected chi connectivity index (χ0v) is 13.4. The summed E-state index contributed by atoms with van der Waals surface area (Å²) in [7, 11) is 1.57. The van der Waals surface area contributed by atoms with Crippen molar-refractivity contribution in [2.75, 3.05) is 19.0 Å². The summed E-state index contributed by atoms with van der Waals surface area (Å²) in [5, 5.41) is 13.7. The van der Waals surface area contributed by atoms with Crippen LogP contribution in [0.2, 0.25) is 0 Å². The standard InChI is InChI=1S/C17H15N5O3/c1-25-13-4-2-3-12-14(13)20-17(22-6-5-19-15(12)22)21-16(24)10-7-11(23)9-18-8-10/h2-4,7-9,19,23H,5-6H2,1H3. The van der Waals surface area contributed by atoms with Crippen LogP contribution in [-0.4, -0.2) is 39.2 Å². The van der Waals surface area contributed by atoms with Gasteiger partial charge < -0.3 is 15.2 Å².